The normalized spacial score (nSPS) is 14.8. The maximum absolute atomic E-state index is 14.1. The maximum Gasteiger partial charge on any atom is 0.197 e. The molecule has 0 amide bonds. The van der Waals surface area contributed by atoms with Crippen LogP contribution in [0.3, 0.4) is 0 Å². The highest BCUT2D eigenvalue weighted by Crippen LogP contribution is 2.37. The first-order chi connectivity index (χ1) is 16.1. The van der Waals surface area contributed by atoms with Gasteiger partial charge >= 0.3 is 0 Å². The van der Waals surface area contributed by atoms with Crippen LogP contribution in [0.2, 0.25) is 0 Å². The highest BCUT2D eigenvalue weighted by atomic mass is 79.9. The molecule has 0 aliphatic carbocycles. The highest BCUT2D eigenvalue weighted by Gasteiger charge is 2.26. The minimum atomic E-state index is 0.0274. The Bertz CT molecular complexity index is 1340. The van der Waals surface area contributed by atoms with Gasteiger partial charge < -0.3 is 14.0 Å². The molecule has 5 nitrogen and oxygen atoms in total. The van der Waals surface area contributed by atoms with E-state index in [-0.39, 0.29) is 5.78 Å². The van der Waals surface area contributed by atoms with Gasteiger partial charge in [-0.1, -0.05) is 58.4 Å². The van der Waals surface area contributed by atoms with Gasteiger partial charge in [0.2, 0.25) is 0 Å². The van der Waals surface area contributed by atoms with E-state index in [0.717, 1.165) is 82.5 Å². The molecule has 0 radical (unpaired) electrons. The van der Waals surface area contributed by atoms with Gasteiger partial charge in [-0.15, -0.1) is 0 Å². The molecular weight excluding hydrogens is 480 g/mol. The molecule has 0 atom stereocenters. The molecule has 0 unspecified atom stereocenters. The SMILES string of the molecule is COc1cccc2c(C(=O)c3c(Br)ccc4ccccc34)c(C)n(CCN3CCOCC3)c12. The number of rotatable bonds is 6. The van der Waals surface area contributed by atoms with Crippen LogP contribution < -0.4 is 4.74 Å². The second-order valence-electron chi connectivity index (χ2n) is 8.40. The van der Waals surface area contributed by atoms with E-state index < -0.39 is 0 Å². The van der Waals surface area contributed by atoms with E-state index in [1.165, 1.54) is 0 Å². The zero-order chi connectivity index (χ0) is 22.9. The summed E-state index contributed by atoms with van der Waals surface area (Å²) in [7, 11) is 1.69. The number of aromatic nitrogens is 1. The summed E-state index contributed by atoms with van der Waals surface area (Å²) in [4.78, 5) is 16.5. The van der Waals surface area contributed by atoms with Crippen molar-refractivity contribution in [1.29, 1.82) is 0 Å². The second kappa shape index (κ2) is 9.29. The summed E-state index contributed by atoms with van der Waals surface area (Å²) >= 11 is 3.65. The maximum atomic E-state index is 14.1. The standard InChI is InChI=1S/C27H27BrN2O3/c1-18-24(27(31)25-20-7-4-3-6-19(20)10-11-22(25)28)21-8-5-9-23(32-2)26(21)30(18)13-12-29-14-16-33-17-15-29/h3-11H,12-17H2,1-2H3. The van der Waals surface area contributed by atoms with Gasteiger partial charge in [-0.3, -0.25) is 9.69 Å². The van der Waals surface area contributed by atoms with Gasteiger partial charge in [0, 0.05) is 47.3 Å². The Morgan fingerprint density at radius 1 is 0.970 bits per heavy atom. The first-order valence-corrected chi connectivity index (χ1v) is 12.1. The molecule has 3 aromatic carbocycles. The van der Waals surface area contributed by atoms with E-state index in [0.29, 0.717) is 5.56 Å². The van der Waals surface area contributed by atoms with Gasteiger partial charge in [0.1, 0.15) is 5.75 Å². The fourth-order valence-corrected chi connectivity index (χ4v) is 5.42. The number of fused-ring (bicyclic) bond motifs is 2. The minimum absolute atomic E-state index is 0.0274. The molecule has 1 fully saturated rings. The second-order valence-corrected chi connectivity index (χ2v) is 9.25. The third kappa shape index (κ3) is 3.97. The Morgan fingerprint density at radius 3 is 2.52 bits per heavy atom. The number of methoxy groups -OCH3 is 1. The molecule has 5 rings (SSSR count). The molecule has 2 heterocycles. The van der Waals surface area contributed by atoms with Crippen LogP contribution in [0.25, 0.3) is 21.7 Å². The molecule has 0 bridgehead atoms. The van der Waals surface area contributed by atoms with Crippen LogP contribution in [0, 0.1) is 6.92 Å². The van der Waals surface area contributed by atoms with Crippen molar-refractivity contribution in [2.45, 2.75) is 13.5 Å². The number of nitrogens with zero attached hydrogens (tertiary/aromatic N) is 2. The minimum Gasteiger partial charge on any atom is -0.495 e. The van der Waals surface area contributed by atoms with Crippen molar-refractivity contribution in [3.8, 4) is 5.75 Å². The number of carbonyl (C=O) groups excluding carboxylic acids is 1. The van der Waals surface area contributed by atoms with Crippen molar-refractivity contribution in [3.05, 3.63) is 75.9 Å². The average Bonchev–Trinajstić information content (AvgIpc) is 3.14. The molecule has 1 aromatic heterocycles. The molecule has 1 aliphatic heterocycles. The molecule has 1 saturated heterocycles. The predicted molar refractivity (Wildman–Crippen MR) is 136 cm³/mol. The van der Waals surface area contributed by atoms with Gasteiger partial charge in [-0.05, 0) is 29.8 Å². The zero-order valence-electron chi connectivity index (χ0n) is 18.9. The number of benzene rings is 3. The van der Waals surface area contributed by atoms with Crippen molar-refractivity contribution in [1.82, 2.24) is 9.47 Å². The molecule has 0 N–H and O–H groups in total. The topological polar surface area (TPSA) is 43.7 Å². The number of para-hydroxylation sites is 1. The van der Waals surface area contributed by atoms with Gasteiger partial charge in [-0.2, -0.15) is 0 Å². The molecule has 170 valence electrons. The summed E-state index contributed by atoms with van der Waals surface area (Å²) in [5, 5.41) is 2.93. The van der Waals surface area contributed by atoms with Crippen LogP contribution in [0.4, 0.5) is 0 Å². The number of ketones is 1. The number of ether oxygens (including phenoxy) is 2. The third-order valence-corrected chi connectivity index (χ3v) is 7.26. The number of hydrogen-bond donors (Lipinski definition) is 0. The Balaban J connectivity index is 1.65. The number of carbonyl (C=O) groups is 1. The summed E-state index contributed by atoms with van der Waals surface area (Å²) in [6.45, 7) is 7.14. The average molecular weight is 507 g/mol. The fraction of sp³-hybridized carbons (Fsp3) is 0.296. The lowest BCUT2D eigenvalue weighted by Crippen LogP contribution is -2.38. The lowest BCUT2D eigenvalue weighted by molar-refractivity contribution is 0.0365. The van der Waals surface area contributed by atoms with E-state index in [1.54, 1.807) is 7.11 Å². The van der Waals surface area contributed by atoms with Crippen molar-refractivity contribution < 1.29 is 14.3 Å². The van der Waals surface area contributed by atoms with Gasteiger partial charge in [0.05, 0.1) is 31.4 Å². The third-order valence-electron chi connectivity index (χ3n) is 6.60. The summed E-state index contributed by atoms with van der Waals surface area (Å²) in [5.74, 6) is 0.813. The van der Waals surface area contributed by atoms with Crippen molar-refractivity contribution in [2.24, 2.45) is 0 Å². The van der Waals surface area contributed by atoms with Crippen LogP contribution in [-0.4, -0.2) is 55.2 Å². The highest BCUT2D eigenvalue weighted by molar-refractivity contribution is 9.10. The fourth-order valence-electron chi connectivity index (χ4n) is 4.90. The van der Waals surface area contributed by atoms with Gasteiger partial charge in [0.15, 0.2) is 5.78 Å². The van der Waals surface area contributed by atoms with E-state index in [4.69, 9.17) is 9.47 Å². The predicted octanol–water partition coefficient (Wildman–Crippen LogP) is 5.44. The number of halogens is 1. The molecule has 0 saturated carbocycles. The smallest absolute Gasteiger partial charge is 0.197 e. The summed E-state index contributed by atoms with van der Waals surface area (Å²) in [5.41, 5.74) is 3.38. The molecule has 0 spiro atoms. The van der Waals surface area contributed by atoms with Crippen LogP contribution >= 0.6 is 15.9 Å². The van der Waals surface area contributed by atoms with Gasteiger partial charge in [0.25, 0.3) is 0 Å². The summed E-state index contributed by atoms with van der Waals surface area (Å²) < 4.78 is 14.3. The van der Waals surface area contributed by atoms with E-state index in [9.17, 15) is 4.79 Å². The monoisotopic (exact) mass is 506 g/mol. The molecule has 33 heavy (non-hydrogen) atoms. The zero-order valence-corrected chi connectivity index (χ0v) is 20.5. The Hall–Kier alpha value is -2.67. The van der Waals surface area contributed by atoms with Crippen molar-refractivity contribution in [3.63, 3.8) is 0 Å². The summed E-state index contributed by atoms with van der Waals surface area (Å²) in [6.07, 6.45) is 0. The van der Waals surface area contributed by atoms with Crippen LogP contribution in [0.15, 0.2) is 59.1 Å². The van der Waals surface area contributed by atoms with Crippen LogP contribution in [0.1, 0.15) is 21.6 Å². The molecule has 4 aromatic rings. The number of hydrogen-bond acceptors (Lipinski definition) is 4. The molecular formula is C27H27BrN2O3. The van der Waals surface area contributed by atoms with Crippen LogP contribution in [-0.2, 0) is 11.3 Å². The van der Waals surface area contributed by atoms with E-state index in [2.05, 4.69) is 25.4 Å². The van der Waals surface area contributed by atoms with E-state index >= 15 is 0 Å². The lowest BCUT2D eigenvalue weighted by atomic mass is 9.95. The quantitative estimate of drug-likeness (QED) is 0.326. The number of morpholine rings is 1. The van der Waals surface area contributed by atoms with Crippen molar-refractivity contribution in [2.75, 3.05) is 40.0 Å². The molecule has 1 aliphatic rings. The first kappa shape index (κ1) is 22.1. The Morgan fingerprint density at radius 2 is 1.73 bits per heavy atom. The first-order valence-electron chi connectivity index (χ1n) is 11.3. The summed E-state index contributed by atoms with van der Waals surface area (Å²) in [6, 6.07) is 18.0. The lowest BCUT2D eigenvalue weighted by Gasteiger charge is -2.27. The molecule has 6 heteroatoms. The van der Waals surface area contributed by atoms with Crippen molar-refractivity contribution >= 4 is 43.4 Å². The Kier molecular flexibility index (Phi) is 6.23. The van der Waals surface area contributed by atoms with Crippen LogP contribution in [0.5, 0.6) is 5.75 Å². The van der Waals surface area contributed by atoms with Gasteiger partial charge in [-0.25, -0.2) is 0 Å². The van der Waals surface area contributed by atoms with E-state index in [1.807, 2.05) is 61.5 Å². The largest absolute Gasteiger partial charge is 0.495 e. The Labute approximate surface area is 202 Å².